The molecule has 2 aromatic rings. The summed E-state index contributed by atoms with van der Waals surface area (Å²) in [5.74, 6) is -1.83. The molecule has 122 valence electrons. The van der Waals surface area contributed by atoms with Crippen LogP contribution in [-0.4, -0.2) is 44.8 Å². The molecular weight excluding hydrogens is 326 g/mol. The van der Waals surface area contributed by atoms with Gasteiger partial charge in [0.25, 0.3) is 0 Å². The third-order valence-electron chi connectivity index (χ3n) is 4.72. The largest absolute Gasteiger partial charge is 0.480 e. The summed E-state index contributed by atoms with van der Waals surface area (Å²) in [4.78, 5) is 37.4. The van der Waals surface area contributed by atoms with Crippen molar-refractivity contribution in [3.05, 3.63) is 48.0 Å². The maximum atomic E-state index is 12.7. The van der Waals surface area contributed by atoms with E-state index < -0.39 is 17.9 Å². The van der Waals surface area contributed by atoms with Gasteiger partial charge in [-0.2, -0.15) is 0 Å². The molecule has 0 spiro atoms. The van der Waals surface area contributed by atoms with Crippen molar-refractivity contribution in [2.75, 3.05) is 5.75 Å². The third kappa shape index (κ3) is 2.21. The summed E-state index contributed by atoms with van der Waals surface area (Å²) in [6.07, 6.45) is 0.195. The highest BCUT2D eigenvalue weighted by molar-refractivity contribution is 8.00. The number of benzene rings is 2. The molecule has 24 heavy (non-hydrogen) atoms. The highest BCUT2D eigenvalue weighted by atomic mass is 32.2. The standard InChI is InChI=1S/C18H15NO4S/c20-14(8-11-6-3-5-10-4-1-2-7-12(10)11)15-16(21)19-13(18(22)23)9-24-17(15)19/h1-7,13,15,17H,8-9H2,(H,22,23)/t13-,15+,17-/m0/s1. The highest BCUT2D eigenvalue weighted by Crippen LogP contribution is 2.44. The van der Waals surface area contributed by atoms with Gasteiger partial charge < -0.3 is 10.0 Å². The van der Waals surface area contributed by atoms with Crippen LogP contribution in [-0.2, 0) is 20.8 Å². The number of carboxylic acids is 1. The Morgan fingerprint density at radius 2 is 1.92 bits per heavy atom. The number of ketones is 1. The van der Waals surface area contributed by atoms with Gasteiger partial charge in [0, 0.05) is 12.2 Å². The fraction of sp³-hybridized carbons (Fsp3) is 0.278. The van der Waals surface area contributed by atoms with Crippen LogP contribution in [0.3, 0.4) is 0 Å². The Kier molecular flexibility index (Phi) is 3.57. The van der Waals surface area contributed by atoms with Crippen molar-refractivity contribution in [1.29, 1.82) is 0 Å². The van der Waals surface area contributed by atoms with Crippen molar-refractivity contribution in [3.63, 3.8) is 0 Å². The maximum Gasteiger partial charge on any atom is 0.327 e. The molecule has 6 heteroatoms. The van der Waals surface area contributed by atoms with E-state index in [0.29, 0.717) is 5.75 Å². The smallest absolute Gasteiger partial charge is 0.327 e. The van der Waals surface area contributed by atoms with E-state index in [1.165, 1.54) is 16.7 Å². The third-order valence-corrected chi connectivity index (χ3v) is 6.07. The van der Waals surface area contributed by atoms with Gasteiger partial charge >= 0.3 is 5.97 Å². The SMILES string of the molecule is O=C(Cc1cccc2ccccc12)[C@@H]1C(=O)N2[C@H](C(=O)O)CS[C@@H]12. The Morgan fingerprint density at radius 1 is 1.17 bits per heavy atom. The predicted octanol–water partition coefficient (Wildman–Crippen LogP) is 1.94. The zero-order chi connectivity index (χ0) is 16.8. The first kappa shape index (κ1) is 15.2. The monoisotopic (exact) mass is 341 g/mol. The lowest BCUT2D eigenvalue weighted by Crippen LogP contribution is -2.63. The van der Waals surface area contributed by atoms with Crippen LogP contribution in [0.4, 0.5) is 0 Å². The molecule has 0 unspecified atom stereocenters. The van der Waals surface area contributed by atoms with Gasteiger partial charge in [0.15, 0.2) is 5.78 Å². The van der Waals surface area contributed by atoms with Crippen molar-refractivity contribution in [2.24, 2.45) is 5.92 Å². The summed E-state index contributed by atoms with van der Waals surface area (Å²) in [7, 11) is 0. The maximum absolute atomic E-state index is 12.7. The van der Waals surface area contributed by atoms with E-state index in [-0.39, 0.29) is 23.5 Å². The Hall–Kier alpha value is -2.34. The van der Waals surface area contributed by atoms with Gasteiger partial charge in [-0.3, -0.25) is 9.59 Å². The van der Waals surface area contributed by atoms with E-state index in [4.69, 9.17) is 5.11 Å². The normalized spacial score (nSPS) is 25.4. The molecule has 0 aromatic heterocycles. The molecule has 2 aliphatic rings. The van der Waals surface area contributed by atoms with E-state index in [1.54, 1.807) is 0 Å². The molecule has 0 saturated carbocycles. The number of amides is 1. The van der Waals surface area contributed by atoms with Crippen LogP contribution in [0.2, 0.25) is 0 Å². The fourth-order valence-corrected chi connectivity index (χ4v) is 5.05. The molecule has 0 radical (unpaired) electrons. The first-order valence-electron chi connectivity index (χ1n) is 7.74. The summed E-state index contributed by atoms with van der Waals surface area (Å²) in [5.41, 5.74) is 0.905. The topological polar surface area (TPSA) is 74.7 Å². The predicted molar refractivity (Wildman–Crippen MR) is 90.7 cm³/mol. The minimum atomic E-state index is -1.00. The molecule has 4 rings (SSSR count). The Balaban J connectivity index is 1.55. The Labute approximate surface area is 142 Å². The number of β-lactam (4-membered cyclic amide) rings is 1. The minimum absolute atomic E-state index is 0.129. The van der Waals surface area contributed by atoms with E-state index >= 15 is 0 Å². The van der Waals surface area contributed by atoms with Crippen molar-refractivity contribution in [3.8, 4) is 0 Å². The van der Waals surface area contributed by atoms with Gasteiger partial charge in [-0.25, -0.2) is 4.79 Å². The van der Waals surface area contributed by atoms with Crippen LogP contribution < -0.4 is 0 Å². The van der Waals surface area contributed by atoms with E-state index in [9.17, 15) is 14.4 Å². The zero-order valence-corrected chi connectivity index (χ0v) is 13.5. The lowest BCUT2D eigenvalue weighted by molar-refractivity contribution is -0.164. The van der Waals surface area contributed by atoms with Gasteiger partial charge in [0.2, 0.25) is 5.91 Å². The van der Waals surface area contributed by atoms with Crippen molar-refractivity contribution < 1.29 is 19.5 Å². The Bertz CT molecular complexity index is 860. The summed E-state index contributed by atoms with van der Waals surface area (Å²) >= 11 is 1.39. The van der Waals surface area contributed by atoms with Gasteiger partial charge in [-0.1, -0.05) is 42.5 Å². The first-order valence-corrected chi connectivity index (χ1v) is 8.79. The molecule has 1 N–H and O–H groups in total. The molecule has 5 nitrogen and oxygen atoms in total. The number of Topliss-reactive ketones (excluding diaryl/α,β-unsaturated/α-hetero) is 1. The van der Waals surface area contributed by atoms with Crippen LogP contribution in [0.5, 0.6) is 0 Å². The van der Waals surface area contributed by atoms with Crippen LogP contribution >= 0.6 is 11.8 Å². The fourth-order valence-electron chi connectivity index (χ4n) is 3.50. The summed E-state index contributed by atoms with van der Waals surface area (Å²) in [6, 6.07) is 12.8. The van der Waals surface area contributed by atoms with Crippen molar-refractivity contribution in [2.45, 2.75) is 17.8 Å². The molecule has 3 atom stereocenters. The van der Waals surface area contributed by atoms with Gasteiger partial charge in [0.1, 0.15) is 12.0 Å². The van der Waals surface area contributed by atoms with E-state index in [2.05, 4.69) is 0 Å². The van der Waals surface area contributed by atoms with Crippen LogP contribution in [0.15, 0.2) is 42.5 Å². The molecule has 2 aromatic carbocycles. The number of hydrogen-bond acceptors (Lipinski definition) is 4. The van der Waals surface area contributed by atoms with Crippen LogP contribution in [0, 0.1) is 5.92 Å². The molecular formula is C18H15NO4S. The number of carboxylic acid groups (broad SMARTS) is 1. The molecule has 2 saturated heterocycles. The number of carbonyl (C=O) groups is 3. The number of rotatable bonds is 4. The van der Waals surface area contributed by atoms with Crippen LogP contribution in [0.25, 0.3) is 10.8 Å². The number of thioether (sulfide) groups is 1. The molecule has 2 heterocycles. The second-order valence-electron chi connectivity index (χ2n) is 6.08. The molecule has 2 fully saturated rings. The zero-order valence-electron chi connectivity index (χ0n) is 12.7. The molecule has 0 bridgehead atoms. The van der Waals surface area contributed by atoms with Gasteiger partial charge in [-0.05, 0) is 16.3 Å². The lowest BCUT2D eigenvalue weighted by atomic mass is 9.87. The van der Waals surface area contributed by atoms with E-state index in [1.807, 2.05) is 42.5 Å². The van der Waals surface area contributed by atoms with Crippen LogP contribution in [0.1, 0.15) is 5.56 Å². The highest BCUT2D eigenvalue weighted by Gasteiger charge is 2.59. The van der Waals surface area contributed by atoms with Gasteiger partial charge in [-0.15, -0.1) is 11.8 Å². The first-order chi connectivity index (χ1) is 11.6. The second kappa shape index (κ2) is 5.63. The summed E-state index contributed by atoms with van der Waals surface area (Å²) in [6.45, 7) is 0. The number of nitrogens with zero attached hydrogens (tertiary/aromatic N) is 1. The lowest BCUT2D eigenvalue weighted by Gasteiger charge is -2.42. The molecule has 0 aliphatic carbocycles. The number of aliphatic carboxylic acids is 1. The number of fused-ring (bicyclic) bond motifs is 2. The van der Waals surface area contributed by atoms with Crippen molar-refractivity contribution in [1.82, 2.24) is 4.90 Å². The number of hydrogen-bond donors (Lipinski definition) is 1. The average molecular weight is 341 g/mol. The van der Waals surface area contributed by atoms with E-state index in [0.717, 1.165) is 16.3 Å². The Morgan fingerprint density at radius 3 is 2.71 bits per heavy atom. The summed E-state index contributed by atoms with van der Waals surface area (Å²) < 4.78 is 0. The second-order valence-corrected chi connectivity index (χ2v) is 7.23. The number of carbonyl (C=O) groups excluding carboxylic acids is 2. The average Bonchev–Trinajstić information content (AvgIpc) is 2.95. The molecule has 1 amide bonds. The van der Waals surface area contributed by atoms with Crippen molar-refractivity contribution >= 4 is 40.2 Å². The molecule has 2 aliphatic heterocycles. The minimum Gasteiger partial charge on any atom is -0.480 e. The quantitative estimate of drug-likeness (QED) is 0.679. The van der Waals surface area contributed by atoms with Gasteiger partial charge in [0.05, 0.1) is 5.37 Å². The summed E-state index contributed by atoms with van der Waals surface area (Å²) in [5, 5.41) is 10.9.